The van der Waals surface area contributed by atoms with E-state index in [0.29, 0.717) is 12.0 Å². The molecule has 0 bridgehead atoms. The Labute approximate surface area is 184 Å². The van der Waals surface area contributed by atoms with Crippen LogP contribution in [0.15, 0.2) is 72.8 Å². The lowest BCUT2D eigenvalue weighted by atomic mass is 10.0. The molecule has 1 unspecified atom stereocenters. The van der Waals surface area contributed by atoms with Gasteiger partial charge in [-0.1, -0.05) is 72.8 Å². The molecule has 1 aromatic heterocycles. The molecule has 0 saturated carbocycles. The zero-order valence-electron chi connectivity index (χ0n) is 17.0. The first-order valence-electron chi connectivity index (χ1n) is 10.00. The average molecular weight is 431 g/mol. The first-order chi connectivity index (χ1) is 15.0. The van der Waals surface area contributed by atoms with Gasteiger partial charge in [-0.25, -0.2) is 9.78 Å². The summed E-state index contributed by atoms with van der Waals surface area (Å²) in [4.78, 5) is 29.8. The van der Waals surface area contributed by atoms with E-state index in [-0.39, 0.29) is 12.3 Å². The maximum absolute atomic E-state index is 12.6. The summed E-state index contributed by atoms with van der Waals surface area (Å²) >= 11 is 1.50. The minimum atomic E-state index is -1.09. The van der Waals surface area contributed by atoms with Crippen LogP contribution < -0.4 is 5.32 Å². The molecule has 31 heavy (non-hydrogen) atoms. The molecule has 4 aromatic rings. The third-order valence-electron chi connectivity index (χ3n) is 5.16. The molecule has 2 N–H and O–H groups in total. The van der Waals surface area contributed by atoms with Crippen molar-refractivity contribution in [1.82, 2.24) is 10.3 Å². The number of thiazole rings is 1. The summed E-state index contributed by atoms with van der Waals surface area (Å²) < 4.78 is 0. The fourth-order valence-electron chi connectivity index (χ4n) is 3.63. The van der Waals surface area contributed by atoms with Gasteiger partial charge >= 0.3 is 5.97 Å². The molecule has 0 spiro atoms. The topological polar surface area (TPSA) is 79.3 Å². The lowest BCUT2D eigenvalue weighted by Crippen LogP contribution is -2.34. The summed E-state index contributed by atoms with van der Waals surface area (Å²) in [5.74, 6) is -1.42. The fourth-order valence-corrected chi connectivity index (χ4v) is 4.72. The van der Waals surface area contributed by atoms with Crippen molar-refractivity contribution in [2.45, 2.75) is 25.8 Å². The molecule has 0 radical (unpaired) electrons. The van der Waals surface area contributed by atoms with E-state index in [2.05, 4.69) is 34.6 Å². The Balaban J connectivity index is 1.49. The molecule has 1 atom stereocenters. The number of hydrogen-bond acceptors (Lipinski definition) is 4. The zero-order valence-corrected chi connectivity index (χ0v) is 17.9. The van der Waals surface area contributed by atoms with Gasteiger partial charge in [-0.05, 0) is 28.8 Å². The lowest BCUT2D eigenvalue weighted by Gasteiger charge is -2.14. The minimum Gasteiger partial charge on any atom is -0.479 e. The smallest absolute Gasteiger partial charge is 0.330 e. The van der Waals surface area contributed by atoms with Crippen LogP contribution in [0.2, 0.25) is 0 Å². The molecule has 0 saturated heterocycles. The van der Waals surface area contributed by atoms with Crippen molar-refractivity contribution in [3.8, 4) is 0 Å². The number of carboxylic acid groups (broad SMARTS) is 1. The number of aryl methyl sites for hydroxylation is 1. The van der Waals surface area contributed by atoms with Gasteiger partial charge in [0.05, 0.1) is 17.1 Å². The Hall–Kier alpha value is -3.51. The van der Waals surface area contributed by atoms with Gasteiger partial charge in [-0.2, -0.15) is 0 Å². The number of rotatable bonds is 7. The van der Waals surface area contributed by atoms with E-state index in [4.69, 9.17) is 0 Å². The van der Waals surface area contributed by atoms with E-state index in [1.54, 1.807) is 24.3 Å². The van der Waals surface area contributed by atoms with Crippen molar-refractivity contribution in [1.29, 1.82) is 0 Å². The Morgan fingerprint density at radius 1 is 1.00 bits per heavy atom. The third kappa shape index (κ3) is 4.81. The van der Waals surface area contributed by atoms with Crippen molar-refractivity contribution in [2.75, 3.05) is 0 Å². The van der Waals surface area contributed by atoms with Gasteiger partial charge in [0.25, 0.3) is 0 Å². The standard InChI is InChI=1S/C25H22N2O3S/c1-16-21(15-22(28)27-24(25(29)30)18-9-3-2-4-10-18)31-23(26-16)14-19-12-7-11-17-8-5-6-13-20(17)19/h2-13,24H,14-15H2,1H3,(H,27,28)(H,29,30). The number of carbonyl (C=O) groups excluding carboxylic acids is 1. The van der Waals surface area contributed by atoms with Crippen LogP contribution in [0, 0.1) is 6.92 Å². The van der Waals surface area contributed by atoms with E-state index >= 15 is 0 Å². The van der Waals surface area contributed by atoms with Crippen molar-refractivity contribution >= 4 is 34.0 Å². The number of hydrogen-bond donors (Lipinski definition) is 2. The summed E-state index contributed by atoms with van der Waals surface area (Å²) in [6, 6.07) is 22.1. The highest BCUT2D eigenvalue weighted by Gasteiger charge is 2.23. The predicted octanol–water partition coefficient (Wildman–Crippen LogP) is 4.68. The number of aliphatic carboxylic acids is 1. The summed E-state index contributed by atoms with van der Waals surface area (Å²) in [6.07, 6.45) is 0.798. The maximum Gasteiger partial charge on any atom is 0.330 e. The van der Waals surface area contributed by atoms with Gasteiger partial charge in [0.2, 0.25) is 5.91 Å². The van der Waals surface area contributed by atoms with Crippen molar-refractivity contribution in [2.24, 2.45) is 0 Å². The summed E-state index contributed by atoms with van der Waals surface area (Å²) in [5, 5.41) is 15.5. The second-order valence-electron chi connectivity index (χ2n) is 7.36. The molecular formula is C25H22N2O3S. The molecule has 6 heteroatoms. The highest BCUT2D eigenvalue weighted by molar-refractivity contribution is 7.11. The number of aromatic nitrogens is 1. The molecular weight excluding hydrogens is 408 g/mol. The SMILES string of the molecule is Cc1nc(Cc2cccc3ccccc23)sc1CC(=O)NC(C(=O)O)c1ccccc1. The molecule has 0 aliphatic carbocycles. The monoisotopic (exact) mass is 430 g/mol. The van der Waals surface area contributed by atoms with Crippen LogP contribution in [0.1, 0.15) is 32.7 Å². The molecule has 5 nitrogen and oxygen atoms in total. The van der Waals surface area contributed by atoms with E-state index in [9.17, 15) is 14.7 Å². The average Bonchev–Trinajstić information content (AvgIpc) is 3.11. The number of fused-ring (bicyclic) bond motifs is 1. The molecule has 0 aliphatic heterocycles. The van der Waals surface area contributed by atoms with Gasteiger partial charge < -0.3 is 10.4 Å². The normalized spacial score (nSPS) is 11.9. The van der Waals surface area contributed by atoms with Crippen LogP contribution in [0.4, 0.5) is 0 Å². The van der Waals surface area contributed by atoms with Gasteiger partial charge in [0.1, 0.15) is 0 Å². The highest BCUT2D eigenvalue weighted by atomic mass is 32.1. The summed E-state index contributed by atoms with van der Waals surface area (Å²) in [5.41, 5.74) is 2.54. The molecule has 0 aliphatic rings. The minimum absolute atomic E-state index is 0.107. The van der Waals surface area contributed by atoms with E-state index < -0.39 is 12.0 Å². The largest absolute Gasteiger partial charge is 0.479 e. The Bertz CT molecular complexity index is 1230. The van der Waals surface area contributed by atoms with Crippen molar-refractivity contribution in [3.05, 3.63) is 99.5 Å². The predicted molar refractivity (Wildman–Crippen MR) is 122 cm³/mol. The van der Waals surface area contributed by atoms with Crippen LogP contribution >= 0.6 is 11.3 Å². The van der Waals surface area contributed by atoms with E-state index in [1.165, 1.54) is 27.7 Å². The number of nitrogens with one attached hydrogen (secondary N) is 1. The van der Waals surface area contributed by atoms with Gasteiger partial charge in [0.15, 0.2) is 6.04 Å². The zero-order chi connectivity index (χ0) is 21.8. The molecule has 4 rings (SSSR count). The van der Waals surface area contributed by atoms with Crippen LogP contribution in [0.3, 0.4) is 0 Å². The van der Waals surface area contributed by atoms with Crippen molar-refractivity contribution < 1.29 is 14.7 Å². The number of carboxylic acids is 1. The summed E-state index contributed by atoms with van der Waals surface area (Å²) in [7, 11) is 0. The quantitative estimate of drug-likeness (QED) is 0.446. The number of benzene rings is 3. The van der Waals surface area contributed by atoms with E-state index in [0.717, 1.165) is 15.6 Å². The number of amides is 1. The van der Waals surface area contributed by atoms with Crippen LogP contribution in [0.5, 0.6) is 0 Å². The van der Waals surface area contributed by atoms with Crippen LogP contribution in [-0.4, -0.2) is 22.0 Å². The third-order valence-corrected chi connectivity index (χ3v) is 6.32. The molecule has 1 heterocycles. The van der Waals surface area contributed by atoms with Gasteiger partial charge in [0, 0.05) is 11.3 Å². The molecule has 156 valence electrons. The maximum atomic E-state index is 12.6. The van der Waals surface area contributed by atoms with E-state index in [1.807, 2.05) is 31.2 Å². The number of carbonyl (C=O) groups is 2. The molecule has 0 fully saturated rings. The second kappa shape index (κ2) is 9.10. The van der Waals surface area contributed by atoms with Crippen LogP contribution in [-0.2, 0) is 22.4 Å². The van der Waals surface area contributed by atoms with Crippen molar-refractivity contribution in [3.63, 3.8) is 0 Å². The first-order valence-corrected chi connectivity index (χ1v) is 10.8. The Kier molecular flexibility index (Phi) is 6.09. The molecule has 3 aromatic carbocycles. The first kappa shape index (κ1) is 20.8. The Morgan fingerprint density at radius 2 is 1.71 bits per heavy atom. The van der Waals surface area contributed by atoms with Gasteiger partial charge in [-0.15, -0.1) is 11.3 Å². The second-order valence-corrected chi connectivity index (χ2v) is 8.53. The van der Waals surface area contributed by atoms with Gasteiger partial charge in [-0.3, -0.25) is 4.79 Å². The summed E-state index contributed by atoms with van der Waals surface area (Å²) in [6.45, 7) is 1.89. The number of nitrogens with zero attached hydrogens (tertiary/aromatic N) is 1. The Morgan fingerprint density at radius 3 is 2.48 bits per heavy atom. The lowest BCUT2D eigenvalue weighted by molar-refractivity contribution is -0.141. The highest BCUT2D eigenvalue weighted by Crippen LogP contribution is 2.25. The fraction of sp³-hybridized carbons (Fsp3) is 0.160. The van der Waals surface area contributed by atoms with Crippen LogP contribution in [0.25, 0.3) is 10.8 Å². The molecule has 1 amide bonds.